The van der Waals surface area contributed by atoms with Crippen LogP contribution < -0.4 is 15.4 Å². The van der Waals surface area contributed by atoms with Gasteiger partial charge in [-0.25, -0.2) is 0 Å². The van der Waals surface area contributed by atoms with Crippen LogP contribution in [0.5, 0.6) is 5.75 Å². The highest BCUT2D eigenvalue weighted by atomic mass is 16.5. The van der Waals surface area contributed by atoms with Gasteiger partial charge < -0.3 is 20.1 Å². The van der Waals surface area contributed by atoms with Crippen molar-refractivity contribution in [1.29, 1.82) is 0 Å². The predicted octanol–water partition coefficient (Wildman–Crippen LogP) is 3.55. The SMILES string of the molecule is CCOc1ccc(NC(=O)CCC(=O)OCC(=O)Nc2ccccc2CC)cc1. The second-order valence-electron chi connectivity index (χ2n) is 6.23. The Morgan fingerprint density at radius 2 is 1.59 bits per heavy atom. The zero-order valence-electron chi connectivity index (χ0n) is 16.7. The van der Waals surface area contributed by atoms with Crippen LogP contribution >= 0.6 is 0 Å². The molecule has 0 saturated heterocycles. The van der Waals surface area contributed by atoms with Gasteiger partial charge >= 0.3 is 5.97 Å². The molecular formula is C22H26N2O5. The van der Waals surface area contributed by atoms with Gasteiger partial charge in [-0.05, 0) is 49.2 Å². The first-order valence-corrected chi connectivity index (χ1v) is 9.58. The number of hydrogen-bond donors (Lipinski definition) is 2. The molecule has 7 nitrogen and oxygen atoms in total. The Hall–Kier alpha value is -3.35. The summed E-state index contributed by atoms with van der Waals surface area (Å²) in [5, 5.41) is 5.42. The molecule has 2 aromatic carbocycles. The Morgan fingerprint density at radius 1 is 0.862 bits per heavy atom. The molecular weight excluding hydrogens is 372 g/mol. The van der Waals surface area contributed by atoms with E-state index < -0.39 is 18.5 Å². The molecule has 0 atom stereocenters. The molecule has 0 aliphatic rings. The third-order valence-corrected chi connectivity index (χ3v) is 4.04. The van der Waals surface area contributed by atoms with E-state index in [0.29, 0.717) is 23.7 Å². The Labute approximate surface area is 170 Å². The summed E-state index contributed by atoms with van der Waals surface area (Å²) in [6.07, 6.45) is 0.633. The highest BCUT2D eigenvalue weighted by Crippen LogP contribution is 2.16. The van der Waals surface area contributed by atoms with Crippen molar-refractivity contribution in [3.8, 4) is 5.75 Å². The second kappa shape index (κ2) is 11.5. The fraction of sp³-hybridized carbons (Fsp3) is 0.318. The van der Waals surface area contributed by atoms with E-state index in [9.17, 15) is 14.4 Å². The number of benzene rings is 2. The summed E-state index contributed by atoms with van der Waals surface area (Å²) in [6.45, 7) is 4.06. The molecule has 0 radical (unpaired) electrons. The van der Waals surface area contributed by atoms with Crippen LogP contribution in [0.3, 0.4) is 0 Å². The first-order chi connectivity index (χ1) is 14.0. The lowest BCUT2D eigenvalue weighted by atomic mass is 10.1. The lowest BCUT2D eigenvalue weighted by Gasteiger charge is -2.10. The summed E-state index contributed by atoms with van der Waals surface area (Å²) in [5.41, 5.74) is 2.31. The van der Waals surface area contributed by atoms with E-state index in [4.69, 9.17) is 9.47 Å². The smallest absolute Gasteiger partial charge is 0.306 e. The molecule has 7 heteroatoms. The number of aryl methyl sites for hydroxylation is 1. The summed E-state index contributed by atoms with van der Waals surface area (Å²) >= 11 is 0. The average molecular weight is 398 g/mol. The molecule has 0 aliphatic heterocycles. The van der Waals surface area contributed by atoms with Gasteiger partial charge in [-0.2, -0.15) is 0 Å². The average Bonchev–Trinajstić information content (AvgIpc) is 2.73. The van der Waals surface area contributed by atoms with E-state index in [0.717, 1.165) is 12.0 Å². The normalized spacial score (nSPS) is 10.1. The van der Waals surface area contributed by atoms with Crippen molar-refractivity contribution in [3.05, 3.63) is 54.1 Å². The largest absolute Gasteiger partial charge is 0.494 e. The van der Waals surface area contributed by atoms with E-state index in [1.54, 1.807) is 30.3 Å². The van der Waals surface area contributed by atoms with Crippen LogP contribution in [-0.2, 0) is 25.5 Å². The van der Waals surface area contributed by atoms with E-state index in [1.807, 2.05) is 32.0 Å². The van der Waals surface area contributed by atoms with E-state index in [-0.39, 0.29) is 18.7 Å². The van der Waals surface area contributed by atoms with Gasteiger partial charge in [0.25, 0.3) is 5.91 Å². The summed E-state index contributed by atoms with van der Waals surface area (Å²) in [4.78, 5) is 35.7. The van der Waals surface area contributed by atoms with Gasteiger partial charge in [-0.3, -0.25) is 14.4 Å². The number of anilines is 2. The Kier molecular flexibility index (Phi) is 8.69. The topological polar surface area (TPSA) is 93.7 Å². The van der Waals surface area contributed by atoms with Gasteiger partial charge in [0, 0.05) is 17.8 Å². The van der Waals surface area contributed by atoms with E-state index in [2.05, 4.69) is 10.6 Å². The minimum absolute atomic E-state index is 0.0354. The number of amides is 2. The minimum atomic E-state index is -0.606. The van der Waals surface area contributed by atoms with Crippen LogP contribution in [0.2, 0.25) is 0 Å². The molecule has 0 spiro atoms. The number of ether oxygens (including phenoxy) is 2. The number of rotatable bonds is 10. The van der Waals surface area contributed by atoms with Crippen molar-refractivity contribution in [3.63, 3.8) is 0 Å². The lowest BCUT2D eigenvalue weighted by Crippen LogP contribution is -2.22. The number of esters is 1. The van der Waals surface area contributed by atoms with Gasteiger partial charge in [0.15, 0.2) is 6.61 Å². The maximum absolute atomic E-state index is 12.0. The van der Waals surface area contributed by atoms with Crippen LogP contribution in [0.15, 0.2) is 48.5 Å². The summed E-state index contributed by atoms with van der Waals surface area (Å²) in [5.74, 6) is -0.620. The molecule has 0 saturated carbocycles. The lowest BCUT2D eigenvalue weighted by molar-refractivity contribution is -0.147. The Balaban J connectivity index is 1.69. The molecule has 0 aliphatic carbocycles. The quantitative estimate of drug-likeness (QED) is 0.597. The van der Waals surface area contributed by atoms with E-state index in [1.165, 1.54) is 0 Å². The third-order valence-electron chi connectivity index (χ3n) is 4.04. The maximum atomic E-state index is 12.0. The fourth-order valence-electron chi connectivity index (χ4n) is 2.60. The van der Waals surface area contributed by atoms with Crippen LogP contribution in [0, 0.1) is 0 Å². The molecule has 154 valence electrons. The second-order valence-corrected chi connectivity index (χ2v) is 6.23. The van der Waals surface area contributed by atoms with Crippen molar-refractivity contribution >= 4 is 29.2 Å². The molecule has 0 aromatic heterocycles. The zero-order valence-corrected chi connectivity index (χ0v) is 16.7. The monoisotopic (exact) mass is 398 g/mol. The van der Waals surface area contributed by atoms with Crippen molar-refractivity contribution in [2.45, 2.75) is 33.1 Å². The molecule has 29 heavy (non-hydrogen) atoms. The molecule has 2 rings (SSSR count). The zero-order chi connectivity index (χ0) is 21.1. The van der Waals surface area contributed by atoms with Gasteiger partial charge in [0.05, 0.1) is 13.0 Å². The standard InChI is InChI=1S/C22H26N2O5/c1-3-16-7-5-6-8-19(16)24-21(26)15-29-22(27)14-13-20(25)23-17-9-11-18(12-10-17)28-4-2/h5-12H,3-4,13-15H2,1-2H3,(H,23,25)(H,24,26). The highest BCUT2D eigenvalue weighted by molar-refractivity contribution is 5.94. The number of carbonyl (C=O) groups is 3. The Bertz CT molecular complexity index is 833. The van der Waals surface area contributed by atoms with Gasteiger partial charge in [0.1, 0.15) is 5.75 Å². The molecule has 0 fully saturated rings. The van der Waals surface area contributed by atoms with Crippen LogP contribution in [0.4, 0.5) is 11.4 Å². The van der Waals surface area contributed by atoms with Crippen LogP contribution in [0.25, 0.3) is 0 Å². The number of para-hydroxylation sites is 1. The number of hydrogen-bond acceptors (Lipinski definition) is 5. The third kappa shape index (κ3) is 7.65. The van der Waals surface area contributed by atoms with Crippen molar-refractivity contribution in [1.82, 2.24) is 0 Å². The van der Waals surface area contributed by atoms with Gasteiger partial charge in [0.2, 0.25) is 5.91 Å². The minimum Gasteiger partial charge on any atom is -0.494 e. The Morgan fingerprint density at radius 3 is 2.28 bits per heavy atom. The fourth-order valence-corrected chi connectivity index (χ4v) is 2.60. The maximum Gasteiger partial charge on any atom is 0.306 e. The van der Waals surface area contributed by atoms with Crippen LogP contribution in [0.1, 0.15) is 32.3 Å². The number of nitrogens with one attached hydrogen (secondary N) is 2. The number of carbonyl (C=O) groups excluding carboxylic acids is 3. The summed E-state index contributed by atoms with van der Waals surface area (Å²) in [7, 11) is 0. The van der Waals surface area contributed by atoms with Crippen molar-refractivity contribution in [2.24, 2.45) is 0 Å². The molecule has 2 amide bonds. The first kappa shape index (κ1) is 21.9. The summed E-state index contributed by atoms with van der Waals surface area (Å²) < 4.78 is 10.3. The van der Waals surface area contributed by atoms with Crippen molar-refractivity contribution in [2.75, 3.05) is 23.8 Å². The molecule has 2 aromatic rings. The first-order valence-electron chi connectivity index (χ1n) is 9.58. The molecule has 0 unspecified atom stereocenters. The van der Waals surface area contributed by atoms with Gasteiger partial charge in [-0.15, -0.1) is 0 Å². The van der Waals surface area contributed by atoms with E-state index >= 15 is 0 Å². The van der Waals surface area contributed by atoms with Crippen LogP contribution in [-0.4, -0.2) is 31.0 Å². The molecule has 0 bridgehead atoms. The molecule has 2 N–H and O–H groups in total. The highest BCUT2D eigenvalue weighted by Gasteiger charge is 2.12. The predicted molar refractivity (Wildman–Crippen MR) is 111 cm³/mol. The van der Waals surface area contributed by atoms with Crippen molar-refractivity contribution < 1.29 is 23.9 Å². The summed E-state index contributed by atoms with van der Waals surface area (Å²) in [6, 6.07) is 14.4. The molecule has 0 heterocycles. The van der Waals surface area contributed by atoms with Gasteiger partial charge in [-0.1, -0.05) is 25.1 Å².